The van der Waals surface area contributed by atoms with Crippen LogP contribution in [0, 0.1) is 0 Å². The zero-order valence-electron chi connectivity index (χ0n) is 8.79. The Labute approximate surface area is 98.4 Å². The van der Waals surface area contributed by atoms with Gasteiger partial charge < -0.3 is 5.32 Å². The monoisotopic (exact) mass is 247 g/mol. The lowest BCUT2D eigenvalue weighted by molar-refractivity contribution is 0.0894. The van der Waals surface area contributed by atoms with Crippen LogP contribution in [0.1, 0.15) is 18.1 Å². The zero-order chi connectivity index (χ0) is 11.3. The second-order valence-electron chi connectivity index (χ2n) is 2.95. The van der Waals surface area contributed by atoms with E-state index in [1.54, 1.807) is 18.0 Å². The maximum Gasteiger partial charge on any atom is 0.247 e. The van der Waals surface area contributed by atoms with Crippen LogP contribution in [0.3, 0.4) is 0 Å². The van der Waals surface area contributed by atoms with Gasteiger partial charge in [-0.3, -0.25) is 4.79 Å². The number of hydrogen-bond donors (Lipinski definition) is 1. The number of aromatic nitrogens is 2. The van der Waals surface area contributed by atoms with E-state index >= 15 is 0 Å². The fraction of sp³-hybridized carbons (Fsp3) is 0.556. The van der Waals surface area contributed by atoms with Crippen LogP contribution in [-0.4, -0.2) is 34.2 Å². The molecular formula is C9H14ClN3OS. The molecule has 0 aromatic carbocycles. The van der Waals surface area contributed by atoms with Crippen molar-refractivity contribution >= 4 is 35.0 Å². The first-order chi connectivity index (χ1) is 7.19. The summed E-state index contributed by atoms with van der Waals surface area (Å²) in [6.07, 6.45) is 4.08. The van der Waals surface area contributed by atoms with Crippen molar-refractivity contribution < 1.29 is 4.79 Å². The molecule has 0 saturated carbocycles. The van der Waals surface area contributed by atoms with Gasteiger partial charge in [-0.2, -0.15) is 16.9 Å². The Balaban J connectivity index is 2.69. The third-order valence-electron chi connectivity index (χ3n) is 1.81. The van der Waals surface area contributed by atoms with Gasteiger partial charge in [0.2, 0.25) is 5.91 Å². The van der Waals surface area contributed by atoms with Crippen molar-refractivity contribution in [3.63, 3.8) is 0 Å². The van der Waals surface area contributed by atoms with Gasteiger partial charge in [0, 0.05) is 18.7 Å². The molecule has 0 spiro atoms. The molecule has 0 aliphatic carbocycles. The molecule has 1 rings (SSSR count). The van der Waals surface area contributed by atoms with E-state index in [4.69, 9.17) is 11.6 Å². The molecule has 1 aromatic rings. The normalized spacial score (nSPS) is 10.3. The number of carbonyl (C=O) groups excluding carboxylic acids is 1. The van der Waals surface area contributed by atoms with E-state index in [0.717, 1.165) is 12.3 Å². The van der Waals surface area contributed by atoms with E-state index in [1.165, 1.54) is 4.68 Å². The smallest absolute Gasteiger partial charge is 0.247 e. The second-order valence-corrected chi connectivity index (χ2v) is 4.29. The minimum absolute atomic E-state index is 0.0320. The van der Waals surface area contributed by atoms with E-state index in [-0.39, 0.29) is 5.91 Å². The Morgan fingerprint density at radius 3 is 3.07 bits per heavy atom. The van der Waals surface area contributed by atoms with Crippen molar-refractivity contribution in [3.05, 3.63) is 11.3 Å². The number of hydrogen-bond acceptors (Lipinski definition) is 4. The van der Waals surface area contributed by atoms with Gasteiger partial charge in [-0.1, -0.05) is 11.6 Å². The number of halogens is 1. The quantitative estimate of drug-likeness (QED) is 0.868. The summed E-state index contributed by atoms with van der Waals surface area (Å²) in [4.78, 5) is 11.6. The Morgan fingerprint density at radius 2 is 2.47 bits per heavy atom. The molecule has 0 aliphatic heterocycles. The molecule has 0 radical (unpaired) electrons. The lowest BCUT2D eigenvalue weighted by Crippen LogP contribution is -2.11. The minimum Gasteiger partial charge on any atom is -0.382 e. The highest BCUT2D eigenvalue weighted by Crippen LogP contribution is 2.19. The van der Waals surface area contributed by atoms with Crippen LogP contribution in [0.25, 0.3) is 0 Å². The van der Waals surface area contributed by atoms with Crippen molar-refractivity contribution in [2.24, 2.45) is 0 Å². The summed E-state index contributed by atoms with van der Waals surface area (Å²) in [6, 6.07) is 0. The number of rotatable bonds is 5. The molecule has 0 unspecified atom stereocenters. The standard InChI is InChI=1S/C9H14ClN3OS/c1-3-11-7-6-13(12-9(7)10)8(14)4-5-15-2/h6,11H,3-5H2,1-2H3. The van der Waals surface area contributed by atoms with Crippen molar-refractivity contribution in [1.82, 2.24) is 9.78 Å². The van der Waals surface area contributed by atoms with Gasteiger partial charge >= 0.3 is 0 Å². The molecule has 4 nitrogen and oxygen atoms in total. The number of carbonyl (C=O) groups is 1. The fourth-order valence-corrected chi connectivity index (χ4v) is 1.67. The zero-order valence-corrected chi connectivity index (χ0v) is 10.4. The van der Waals surface area contributed by atoms with Gasteiger partial charge in [0.25, 0.3) is 0 Å². The predicted octanol–water partition coefficient (Wildman–Crippen LogP) is 2.36. The fourth-order valence-electron chi connectivity index (χ4n) is 1.09. The third kappa shape index (κ3) is 3.43. The largest absolute Gasteiger partial charge is 0.382 e. The summed E-state index contributed by atoms with van der Waals surface area (Å²) in [5.41, 5.74) is 0.705. The summed E-state index contributed by atoms with van der Waals surface area (Å²) in [7, 11) is 0. The van der Waals surface area contributed by atoms with Crippen LogP contribution in [0.2, 0.25) is 5.15 Å². The van der Waals surface area contributed by atoms with E-state index < -0.39 is 0 Å². The minimum atomic E-state index is -0.0320. The van der Waals surface area contributed by atoms with E-state index in [1.807, 2.05) is 13.2 Å². The molecule has 0 amide bonds. The summed E-state index contributed by atoms with van der Waals surface area (Å²) in [6.45, 7) is 2.72. The van der Waals surface area contributed by atoms with Crippen LogP contribution >= 0.6 is 23.4 Å². The van der Waals surface area contributed by atoms with Crippen LogP contribution < -0.4 is 5.32 Å². The lowest BCUT2D eigenvalue weighted by atomic mass is 10.4. The average Bonchev–Trinajstić information content (AvgIpc) is 2.58. The van der Waals surface area contributed by atoms with Crippen molar-refractivity contribution in [1.29, 1.82) is 0 Å². The molecule has 1 N–H and O–H groups in total. The molecule has 0 fully saturated rings. The van der Waals surface area contributed by atoms with Gasteiger partial charge in [0.15, 0.2) is 5.15 Å². The SMILES string of the molecule is CCNc1cn(C(=O)CCSC)nc1Cl. The van der Waals surface area contributed by atoms with Gasteiger partial charge in [-0.15, -0.1) is 0 Å². The molecule has 1 heterocycles. The highest BCUT2D eigenvalue weighted by Gasteiger charge is 2.10. The number of anilines is 1. The molecular weight excluding hydrogens is 234 g/mol. The highest BCUT2D eigenvalue weighted by atomic mass is 35.5. The Kier molecular flexibility index (Phi) is 4.98. The van der Waals surface area contributed by atoms with Crippen LogP contribution in [0.5, 0.6) is 0 Å². The molecule has 1 aromatic heterocycles. The average molecular weight is 248 g/mol. The molecule has 0 saturated heterocycles. The van der Waals surface area contributed by atoms with Crippen LogP contribution in [0.15, 0.2) is 6.20 Å². The maximum atomic E-state index is 11.6. The number of nitrogens with one attached hydrogen (secondary N) is 1. The Hall–Kier alpha value is -0.680. The van der Waals surface area contributed by atoms with Crippen molar-refractivity contribution in [2.75, 3.05) is 23.9 Å². The molecule has 6 heteroatoms. The molecule has 0 aliphatic rings. The van der Waals surface area contributed by atoms with Crippen LogP contribution in [-0.2, 0) is 0 Å². The Morgan fingerprint density at radius 1 is 1.73 bits per heavy atom. The van der Waals surface area contributed by atoms with E-state index in [0.29, 0.717) is 17.3 Å². The first-order valence-corrected chi connectivity index (χ1v) is 6.47. The first-order valence-electron chi connectivity index (χ1n) is 4.70. The number of thioether (sulfide) groups is 1. The maximum absolute atomic E-state index is 11.6. The summed E-state index contributed by atoms with van der Waals surface area (Å²) in [5.74, 6) is 0.766. The van der Waals surface area contributed by atoms with Gasteiger partial charge in [-0.05, 0) is 13.2 Å². The number of nitrogens with zero attached hydrogens (tertiary/aromatic N) is 2. The highest BCUT2D eigenvalue weighted by molar-refractivity contribution is 7.98. The molecule has 84 valence electrons. The predicted molar refractivity (Wildman–Crippen MR) is 65.0 cm³/mol. The lowest BCUT2D eigenvalue weighted by Gasteiger charge is -1.98. The first kappa shape index (κ1) is 12.4. The van der Waals surface area contributed by atoms with E-state index in [2.05, 4.69) is 10.4 Å². The van der Waals surface area contributed by atoms with Gasteiger partial charge in [0.1, 0.15) is 0 Å². The summed E-state index contributed by atoms with van der Waals surface area (Å²) >= 11 is 7.49. The topological polar surface area (TPSA) is 46.9 Å². The molecule has 0 atom stereocenters. The summed E-state index contributed by atoms with van der Waals surface area (Å²) in [5, 5.41) is 7.32. The summed E-state index contributed by atoms with van der Waals surface area (Å²) < 4.78 is 1.30. The van der Waals surface area contributed by atoms with Crippen LogP contribution in [0.4, 0.5) is 5.69 Å². The van der Waals surface area contributed by atoms with Gasteiger partial charge in [-0.25, -0.2) is 4.68 Å². The third-order valence-corrected chi connectivity index (χ3v) is 2.70. The van der Waals surface area contributed by atoms with Crippen molar-refractivity contribution in [3.8, 4) is 0 Å². The van der Waals surface area contributed by atoms with E-state index in [9.17, 15) is 4.79 Å². The van der Waals surface area contributed by atoms with Gasteiger partial charge in [0.05, 0.1) is 11.9 Å². The molecule has 0 bridgehead atoms. The van der Waals surface area contributed by atoms with Crippen molar-refractivity contribution in [2.45, 2.75) is 13.3 Å². The Bertz CT molecular complexity index is 340. The second kappa shape index (κ2) is 6.02. The molecule has 15 heavy (non-hydrogen) atoms.